The van der Waals surface area contributed by atoms with Crippen LogP contribution in [0.5, 0.6) is 0 Å². The van der Waals surface area contributed by atoms with E-state index < -0.39 is 6.29 Å². The lowest BCUT2D eigenvalue weighted by atomic mass is 9.89. The predicted molar refractivity (Wildman–Crippen MR) is 165 cm³/mol. The van der Waals surface area contributed by atoms with E-state index >= 15 is 0 Å². The molecule has 8 nitrogen and oxygen atoms in total. The van der Waals surface area contributed by atoms with Crippen LogP contribution in [0.4, 0.5) is 5.69 Å². The second-order valence-corrected chi connectivity index (χ2v) is 11.9. The molecule has 3 N–H and O–H groups in total. The lowest BCUT2D eigenvalue weighted by Gasteiger charge is -2.43. The van der Waals surface area contributed by atoms with Gasteiger partial charge in [0.1, 0.15) is 0 Å². The quantitative estimate of drug-likeness (QED) is 0.272. The number of aliphatic hydroxyl groups is 1. The highest BCUT2D eigenvalue weighted by atomic mass is 16.7. The van der Waals surface area contributed by atoms with E-state index in [-0.39, 0.29) is 36.5 Å². The van der Waals surface area contributed by atoms with Crippen LogP contribution in [0.3, 0.4) is 0 Å². The summed E-state index contributed by atoms with van der Waals surface area (Å²) >= 11 is 0. The second kappa shape index (κ2) is 16.8. The molecule has 0 saturated carbocycles. The summed E-state index contributed by atoms with van der Waals surface area (Å²) < 4.78 is 13.3. The van der Waals surface area contributed by atoms with Crippen molar-refractivity contribution in [3.05, 3.63) is 65.2 Å². The topological polar surface area (TPSA) is 100 Å². The van der Waals surface area contributed by atoms with E-state index in [0.29, 0.717) is 13.0 Å². The SMILES string of the molecule is CC(=O)NCCCCCC(=O)Nc1ccc([C@H]2O[C@@H](CN3CCCCCCC3)[C@@H](C)[C@@H](c3ccc(CO)cc3)O2)cc1. The number of unbranched alkanes of at least 4 members (excludes halogenated alkanes) is 2. The Morgan fingerprint density at radius 3 is 2.21 bits per heavy atom. The van der Waals surface area contributed by atoms with E-state index in [4.69, 9.17) is 9.47 Å². The Hall–Kier alpha value is -2.78. The van der Waals surface area contributed by atoms with Crippen molar-refractivity contribution in [2.75, 3.05) is 31.5 Å². The molecule has 0 spiro atoms. The number of ether oxygens (including phenoxy) is 2. The van der Waals surface area contributed by atoms with Crippen LogP contribution < -0.4 is 10.6 Å². The van der Waals surface area contributed by atoms with E-state index in [0.717, 1.165) is 61.3 Å². The van der Waals surface area contributed by atoms with Crippen molar-refractivity contribution in [2.45, 2.75) is 96.7 Å². The monoisotopic (exact) mass is 579 g/mol. The zero-order chi connectivity index (χ0) is 29.7. The van der Waals surface area contributed by atoms with E-state index in [9.17, 15) is 14.7 Å². The van der Waals surface area contributed by atoms with Crippen molar-refractivity contribution in [3.8, 4) is 0 Å². The summed E-state index contributed by atoms with van der Waals surface area (Å²) in [6.07, 6.45) is 8.74. The van der Waals surface area contributed by atoms with Crippen LogP contribution in [-0.2, 0) is 25.7 Å². The smallest absolute Gasteiger partial charge is 0.224 e. The van der Waals surface area contributed by atoms with Crippen LogP contribution in [0.2, 0.25) is 0 Å². The van der Waals surface area contributed by atoms with Gasteiger partial charge in [0.15, 0.2) is 6.29 Å². The molecule has 2 aromatic rings. The Labute approximate surface area is 251 Å². The minimum Gasteiger partial charge on any atom is -0.392 e. The zero-order valence-electron chi connectivity index (χ0n) is 25.4. The number of hydrogen-bond donors (Lipinski definition) is 3. The van der Waals surface area contributed by atoms with E-state index in [1.807, 2.05) is 36.4 Å². The van der Waals surface area contributed by atoms with Gasteiger partial charge in [-0.1, -0.05) is 69.0 Å². The Morgan fingerprint density at radius 2 is 1.55 bits per heavy atom. The molecule has 2 aliphatic heterocycles. The van der Waals surface area contributed by atoms with Crippen molar-refractivity contribution in [1.82, 2.24) is 10.2 Å². The molecule has 0 aliphatic carbocycles. The standard InChI is InChI=1S/C34H49N3O5/c1-25-31(23-37-21-9-4-3-5-10-22-37)41-34(42-33(25)28-14-12-27(24-38)13-15-28)29-16-18-30(19-17-29)36-32(40)11-7-6-8-20-35-26(2)39/h12-19,25,31,33-34,38H,3-11,20-24H2,1-2H3,(H,35,39)(H,36,40)/t25-,31+,33+,34+/m1/s1. The van der Waals surface area contributed by atoms with Gasteiger partial charge in [0.05, 0.1) is 18.8 Å². The van der Waals surface area contributed by atoms with Gasteiger partial charge in [-0.05, 0) is 62.0 Å². The van der Waals surface area contributed by atoms with Crippen molar-refractivity contribution >= 4 is 17.5 Å². The number of nitrogens with one attached hydrogen (secondary N) is 2. The number of likely N-dealkylation sites (tertiary alicyclic amines) is 1. The van der Waals surface area contributed by atoms with Gasteiger partial charge in [-0.3, -0.25) is 9.59 Å². The van der Waals surface area contributed by atoms with E-state index in [1.165, 1.54) is 39.0 Å². The highest BCUT2D eigenvalue weighted by molar-refractivity contribution is 5.90. The first kappa shape index (κ1) is 32.1. The summed E-state index contributed by atoms with van der Waals surface area (Å²) in [5, 5.41) is 15.3. The zero-order valence-corrected chi connectivity index (χ0v) is 25.4. The molecule has 2 saturated heterocycles. The number of amides is 2. The van der Waals surface area contributed by atoms with E-state index in [2.05, 4.69) is 34.6 Å². The Balaban J connectivity index is 1.39. The Bertz CT molecular complexity index is 1100. The van der Waals surface area contributed by atoms with Crippen LogP contribution in [0.25, 0.3) is 0 Å². The minimum absolute atomic E-state index is 0.00993. The van der Waals surface area contributed by atoms with Crippen LogP contribution in [0.15, 0.2) is 48.5 Å². The van der Waals surface area contributed by atoms with Crippen LogP contribution >= 0.6 is 0 Å². The van der Waals surface area contributed by atoms with Crippen LogP contribution in [-0.4, -0.2) is 54.1 Å². The number of carbonyl (C=O) groups excluding carboxylic acids is 2. The number of hydrogen-bond acceptors (Lipinski definition) is 6. The molecule has 0 radical (unpaired) electrons. The van der Waals surface area contributed by atoms with Crippen molar-refractivity contribution < 1.29 is 24.2 Å². The summed E-state index contributed by atoms with van der Waals surface area (Å²) in [5.74, 6) is 0.120. The maximum Gasteiger partial charge on any atom is 0.224 e. The number of aliphatic hydroxyl groups excluding tert-OH is 1. The first-order valence-corrected chi connectivity index (χ1v) is 15.8. The highest BCUT2D eigenvalue weighted by Crippen LogP contribution is 2.42. The van der Waals surface area contributed by atoms with Crippen LogP contribution in [0.1, 0.15) is 101 Å². The second-order valence-electron chi connectivity index (χ2n) is 11.9. The first-order valence-electron chi connectivity index (χ1n) is 15.8. The molecule has 0 bridgehead atoms. The molecule has 8 heteroatoms. The summed E-state index contributed by atoms with van der Waals surface area (Å²) in [5.41, 5.74) is 3.65. The lowest BCUT2D eigenvalue weighted by Crippen LogP contribution is -2.45. The molecule has 4 rings (SSSR count). The number of rotatable bonds is 12. The average Bonchev–Trinajstić information content (AvgIpc) is 2.97. The average molecular weight is 580 g/mol. The molecule has 42 heavy (non-hydrogen) atoms. The fourth-order valence-electron chi connectivity index (χ4n) is 5.88. The van der Waals surface area contributed by atoms with E-state index in [1.54, 1.807) is 0 Å². The maximum absolute atomic E-state index is 12.4. The van der Waals surface area contributed by atoms with Gasteiger partial charge in [0, 0.05) is 43.6 Å². The van der Waals surface area contributed by atoms with Crippen molar-refractivity contribution in [2.24, 2.45) is 5.92 Å². The third-order valence-corrected chi connectivity index (χ3v) is 8.43. The van der Waals surface area contributed by atoms with Gasteiger partial charge >= 0.3 is 0 Å². The summed E-state index contributed by atoms with van der Waals surface area (Å²) in [7, 11) is 0. The van der Waals surface area contributed by atoms with Crippen molar-refractivity contribution in [1.29, 1.82) is 0 Å². The fraction of sp³-hybridized carbons (Fsp3) is 0.588. The molecule has 230 valence electrons. The predicted octanol–water partition coefficient (Wildman–Crippen LogP) is 5.87. The largest absolute Gasteiger partial charge is 0.392 e. The number of carbonyl (C=O) groups is 2. The molecule has 2 heterocycles. The molecule has 2 fully saturated rings. The molecule has 0 aromatic heterocycles. The maximum atomic E-state index is 12.4. The molecule has 2 aliphatic rings. The summed E-state index contributed by atoms with van der Waals surface area (Å²) in [6, 6.07) is 15.8. The third-order valence-electron chi connectivity index (χ3n) is 8.43. The molecule has 2 amide bonds. The lowest BCUT2D eigenvalue weighted by molar-refractivity contribution is -0.276. The molecular formula is C34H49N3O5. The fourth-order valence-corrected chi connectivity index (χ4v) is 5.88. The Kier molecular flexibility index (Phi) is 12.8. The Morgan fingerprint density at radius 1 is 0.881 bits per heavy atom. The van der Waals surface area contributed by atoms with Gasteiger partial charge in [0.25, 0.3) is 0 Å². The number of anilines is 1. The first-order chi connectivity index (χ1) is 20.4. The van der Waals surface area contributed by atoms with Gasteiger partial charge in [-0.25, -0.2) is 0 Å². The molecule has 0 unspecified atom stereocenters. The number of nitrogens with zero attached hydrogens (tertiary/aromatic N) is 1. The molecule has 4 atom stereocenters. The third kappa shape index (κ3) is 9.90. The van der Waals surface area contributed by atoms with Gasteiger partial charge in [-0.15, -0.1) is 0 Å². The molecule has 2 aromatic carbocycles. The normalized spacial score (nSPS) is 23.5. The highest BCUT2D eigenvalue weighted by Gasteiger charge is 2.39. The summed E-state index contributed by atoms with van der Waals surface area (Å²) in [6.45, 7) is 7.49. The van der Waals surface area contributed by atoms with Crippen LogP contribution in [0, 0.1) is 5.92 Å². The van der Waals surface area contributed by atoms with Gasteiger partial charge in [0.2, 0.25) is 11.8 Å². The molecular weight excluding hydrogens is 530 g/mol. The summed E-state index contributed by atoms with van der Waals surface area (Å²) in [4.78, 5) is 26.0. The minimum atomic E-state index is -0.517. The number of benzene rings is 2. The van der Waals surface area contributed by atoms with Gasteiger partial charge in [-0.2, -0.15) is 0 Å². The van der Waals surface area contributed by atoms with Crippen molar-refractivity contribution in [3.63, 3.8) is 0 Å². The van der Waals surface area contributed by atoms with Gasteiger partial charge < -0.3 is 30.1 Å².